The Labute approximate surface area is 153 Å². The summed E-state index contributed by atoms with van der Waals surface area (Å²) < 4.78 is 13.6. The molecule has 1 heterocycles. The molecule has 3 rings (SSSR count). The lowest BCUT2D eigenvalue weighted by atomic mass is 10.2. The van der Waals surface area contributed by atoms with Crippen LogP contribution in [0.5, 0.6) is 0 Å². The van der Waals surface area contributed by atoms with Gasteiger partial charge in [-0.15, -0.1) is 0 Å². The highest BCUT2D eigenvalue weighted by Crippen LogP contribution is 2.26. The van der Waals surface area contributed by atoms with Gasteiger partial charge >= 0.3 is 0 Å². The smallest absolute Gasteiger partial charge is 0.248 e. The third-order valence-corrected chi connectivity index (χ3v) is 4.64. The lowest BCUT2D eigenvalue weighted by Gasteiger charge is -2.36. The number of likely N-dealkylation sites (N-methyl/N-ethyl adjacent to an activating group) is 1. The number of hydrogen-bond acceptors (Lipinski definition) is 3. The molecule has 1 fully saturated rings. The Balaban J connectivity index is 1.68. The molecule has 0 unspecified atom stereocenters. The number of benzene rings is 2. The van der Waals surface area contributed by atoms with Crippen molar-refractivity contribution in [2.24, 2.45) is 0 Å². The van der Waals surface area contributed by atoms with Crippen LogP contribution >= 0.6 is 0 Å². The highest BCUT2D eigenvalue weighted by Gasteiger charge is 2.18. The Hall–Kier alpha value is -2.66. The van der Waals surface area contributed by atoms with Crippen molar-refractivity contribution in [2.45, 2.75) is 6.92 Å². The van der Waals surface area contributed by atoms with Crippen LogP contribution in [0.2, 0.25) is 0 Å². The van der Waals surface area contributed by atoms with Crippen LogP contribution in [-0.2, 0) is 4.79 Å². The Bertz CT molecular complexity index is 782. The summed E-state index contributed by atoms with van der Waals surface area (Å²) in [6.45, 7) is 7.15. The van der Waals surface area contributed by atoms with Crippen LogP contribution in [0.3, 0.4) is 0 Å². The van der Waals surface area contributed by atoms with E-state index in [1.54, 1.807) is 18.2 Å². The number of anilines is 2. The second-order valence-corrected chi connectivity index (χ2v) is 6.28. The van der Waals surface area contributed by atoms with Gasteiger partial charge < -0.3 is 15.1 Å². The van der Waals surface area contributed by atoms with Crippen LogP contribution in [0.1, 0.15) is 12.5 Å². The predicted octanol–water partition coefficient (Wildman–Crippen LogP) is 3.62. The van der Waals surface area contributed by atoms with Gasteiger partial charge in [-0.2, -0.15) is 0 Å². The largest absolute Gasteiger partial charge is 0.367 e. The first-order chi connectivity index (χ1) is 12.7. The van der Waals surface area contributed by atoms with Gasteiger partial charge in [-0.25, -0.2) is 4.39 Å². The van der Waals surface area contributed by atoms with Gasteiger partial charge in [0, 0.05) is 37.8 Å². The lowest BCUT2D eigenvalue weighted by molar-refractivity contribution is -0.111. The molecule has 2 aromatic rings. The molecule has 0 spiro atoms. The number of carbonyl (C=O) groups is 1. The second-order valence-electron chi connectivity index (χ2n) is 6.28. The molecule has 5 heteroatoms. The van der Waals surface area contributed by atoms with Crippen LogP contribution < -0.4 is 10.2 Å². The molecule has 4 nitrogen and oxygen atoms in total. The number of halogens is 1. The summed E-state index contributed by atoms with van der Waals surface area (Å²) in [5.74, 6) is -0.612. The van der Waals surface area contributed by atoms with Crippen molar-refractivity contribution in [1.29, 1.82) is 0 Å². The maximum absolute atomic E-state index is 13.6. The molecule has 0 saturated carbocycles. The van der Waals surface area contributed by atoms with Gasteiger partial charge in [-0.1, -0.05) is 37.3 Å². The number of nitrogens with one attached hydrogen (secondary N) is 1. The van der Waals surface area contributed by atoms with Crippen molar-refractivity contribution in [1.82, 2.24) is 4.90 Å². The fraction of sp³-hybridized carbons (Fsp3) is 0.286. The fourth-order valence-corrected chi connectivity index (χ4v) is 3.11. The Morgan fingerprint density at radius 1 is 1.08 bits per heavy atom. The highest BCUT2D eigenvalue weighted by molar-refractivity contribution is 6.03. The second kappa shape index (κ2) is 8.63. The summed E-state index contributed by atoms with van der Waals surface area (Å²) in [5.41, 5.74) is 2.20. The first-order valence-electron chi connectivity index (χ1n) is 8.97. The number of carbonyl (C=O) groups excluding carboxylic acids is 1. The van der Waals surface area contributed by atoms with Gasteiger partial charge in [0.25, 0.3) is 0 Å². The van der Waals surface area contributed by atoms with Gasteiger partial charge in [-0.05, 0) is 30.8 Å². The zero-order valence-corrected chi connectivity index (χ0v) is 15.0. The minimum atomic E-state index is -0.342. The summed E-state index contributed by atoms with van der Waals surface area (Å²) >= 11 is 0. The first-order valence-corrected chi connectivity index (χ1v) is 8.97. The van der Waals surface area contributed by atoms with Crippen LogP contribution in [0, 0.1) is 5.82 Å². The minimum absolute atomic E-state index is 0.270. The molecule has 1 saturated heterocycles. The van der Waals surface area contributed by atoms with Crippen molar-refractivity contribution in [3.63, 3.8) is 0 Å². The maximum atomic E-state index is 13.6. The van der Waals surface area contributed by atoms with Crippen molar-refractivity contribution in [3.05, 3.63) is 66.0 Å². The zero-order chi connectivity index (χ0) is 18.4. The van der Waals surface area contributed by atoms with E-state index in [2.05, 4.69) is 22.0 Å². The van der Waals surface area contributed by atoms with E-state index in [4.69, 9.17) is 0 Å². The predicted molar refractivity (Wildman–Crippen MR) is 105 cm³/mol. The number of rotatable bonds is 5. The summed E-state index contributed by atoms with van der Waals surface area (Å²) in [5, 5.41) is 2.92. The monoisotopic (exact) mass is 353 g/mol. The minimum Gasteiger partial charge on any atom is -0.367 e. The van der Waals surface area contributed by atoms with Crippen LogP contribution in [0.25, 0.3) is 6.08 Å². The summed E-state index contributed by atoms with van der Waals surface area (Å²) in [6, 6.07) is 14.2. The molecule has 0 aliphatic carbocycles. The summed E-state index contributed by atoms with van der Waals surface area (Å²) in [7, 11) is 0. The molecule has 26 heavy (non-hydrogen) atoms. The first kappa shape index (κ1) is 18.1. The average molecular weight is 353 g/mol. The number of amides is 1. The van der Waals surface area contributed by atoms with Gasteiger partial charge in [0.1, 0.15) is 5.82 Å². The lowest BCUT2D eigenvalue weighted by Crippen LogP contribution is -2.46. The van der Waals surface area contributed by atoms with E-state index in [1.165, 1.54) is 18.2 Å². The molecule has 0 bridgehead atoms. The molecule has 1 amide bonds. The molecule has 2 aromatic carbocycles. The van der Waals surface area contributed by atoms with Gasteiger partial charge in [0.05, 0.1) is 11.4 Å². The number of para-hydroxylation sites is 2. The van der Waals surface area contributed by atoms with Crippen LogP contribution in [-0.4, -0.2) is 43.5 Å². The molecule has 136 valence electrons. The van der Waals surface area contributed by atoms with Crippen LogP contribution in [0.4, 0.5) is 15.8 Å². The summed E-state index contributed by atoms with van der Waals surface area (Å²) in [4.78, 5) is 17.0. The third kappa shape index (κ3) is 4.49. The van der Waals surface area contributed by atoms with E-state index < -0.39 is 0 Å². The molecule has 1 aliphatic heterocycles. The summed E-state index contributed by atoms with van der Waals surface area (Å²) in [6.07, 6.45) is 2.86. The van der Waals surface area contributed by atoms with Gasteiger partial charge in [-0.3, -0.25) is 4.79 Å². The Morgan fingerprint density at radius 3 is 2.50 bits per heavy atom. The SMILES string of the molecule is CCN1CCN(c2ccccc2NC(=O)/C=C/c2ccccc2F)CC1. The van der Waals surface area contributed by atoms with E-state index in [0.717, 1.165) is 44.1 Å². The molecular weight excluding hydrogens is 329 g/mol. The van der Waals surface area contributed by atoms with E-state index in [0.29, 0.717) is 5.56 Å². The van der Waals surface area contributed by atoms with E-state index >= 15 is 0 Å². The normalized spacial score (nSPS) is 15.4. The topological polar surface area (TPSA) is 35.6 Å². The standard InChI is InChI=1S/C21H24FN3O/c1-2-24-13-15-25(16-14-24)20-10-6-5-9-19(20)23-21(26)12-11-17-7-3-4-8-18(17)22/h3-12H,2,13-16H2,1H3,(H,23,26)/b12-11+. The van der Waals surface area contributed by atoms with Crippen molar-refractivity contribution in [3.8, 4) is 0 Å². The highest BCUT2D eigenvalue weighted by atomic mass is 19.1. The molecule has 0 radical (unpaired) electrons. The van der Waals surface area contributed by atoms with Crippen molar-refractivity contribution in [2.75, 3.05) is 42.9 Å². The Kier molecular flexibility index (Phi) is 6.02. The number of nitrogens with zero attached hydrogens (tertiary/aromatic N) is 2. The molecule has 1 aliphatic rings. The zero-order valence-electron chi connectivity index (χ0n) is 15.0. The Morgan fingerprint density at radius 2 is 1.77 bits per heavy atom. The molecular formula is C21H24FN3O. The molecule has 1 N–H and O–H groups in total. The van der Waals surface area contributed by atoms with E-state index in [9.17, 15) is 9.18 Å². The van der Waals surface area contributed by atoms with Crippen molar-refractivity contribution < 1.29 is 9.18 Å². The molecule has 0 atom stereocenters. The fourth-order valence-electron chi connectivity index (χ4n) is 3.11. The average Bonchev–Trinajstić information content (AvgIpc) is 2.68. The third-order valence-electron chi connectivity index (χ3n) is 4.64. The number of piperazine rings is 1. The van der Waals surface area contributed by atoms with E-state index in [-0.39, 0.29) is 11.7 Å². The van der Waals surface area contributed by atoms with E-state index in [1.807, 2.05) is 24.3 Å². The van der Waals surface area contributed by atoms with Crippen molar-refractivity contribution >= 4 is 23.4 Å². The molecule has 0 aromatic heterocycles. The van der Waals surface area contributed by atoms with Gasteiger partial charge in [0.15, 0.2) is 0 Å². The van der Waals surface area contributed by atoms with Gasteiger partial charge in [0.2, 0.25) is 5.91 Å². The van der Waals surface area contributed by atoms with Crippen LogP contribution in [0.15, 0.2) is 54.6 Å². The quantitative estimate of drug-likeness (QED) is 0.834. The number of hydrogen-bond donors (Lipinski definition) is 1. The maximum Gasteiger partial charge on any atom is 0.248 e.